The quantitative estimate of drug-likeness (QED) is 0.707. The topological polar surface area (TPSA) is 69.2 Å². The summed E-state index contributed by atoms with van der Waals surface area (Å²) < 4.78 is 13.6. The molecule has 1 fully saturated rings. The van der Waals surface area contributed by atoms with Crippen LogP contribution in [0, 0.1) is 0 Å². The molecule has 0 N–H and O–H groups in total. The Kier molecular flexibility index (Phi) is 4.42. The maximum Gasteiger partial charge on any atom is 0.257 e. The van der Waals surface area contributed by atoms with Gasteiger partial charge in [-0.2, -0.15) is 5.10 Å². The lowest BCUT2D eigenvalue weighted by Crippen LogP contribution is -2.45. The van der Waals surface area contributed by atoms with Crippen LogP contribution in [0.5, 0.6) is 0 Å². The summed E-state index contributed by atoms with van der Waals surface area (Å²) >= 11 is 1.60. The number of hydrogen-bond donors (Lipinski definition) is 0. The molecule has 0 aromatic carbocycles. The van der Waals surface area contributed by atoms with Gasteiger partial charge in [0.1, 0.15) is 0 Å². The molecular weight excluding hydrogens is 326 g/mol. The third-order valence-corrected chi connectivity index (χ3v) is 5.06. The normalized spacial score (nSPS) is 20.3. The average molecular weight is 345 g/mol. The fourth-order valence-electron chi connectivity index (χ4n) is 2.88. The van der Waals surface area contributed by atoms with Crippen LogP contribution in [0.3, 0.4) is 0 Å². The molecule has 126 valence electrons. The number of morpholine rings is 1. The van der Waals surface area contributed by atoms with E-state index < -0.39 is 0 Å². The summed E-state index contributed by atoms with van der Waals surface area (Å²) in [4.78, 5) is 3.32. The molecule has 0 radical (unpaired) electrons. The molecule has 24 heavy (non-hydrogen) atoms. The van der Waals surface area contributed by atoms with Crippen LogP contribution in [0.4, 0.5) is 0 Å². The average Bonchev–Trinajstić information content (AvgIpc) is 3.35. The fraction of sp³-hybridized carbons (Fsp3) is 0.438. The van der Waals surface area contributed by atoms with Crippen molar-refractivity contribution in [2.75, 3.05) is 19.7 Å². The Balaban J connectivity index is 1.43. The van der Waals surface area contributed by atoms with E-state index in [9.17, 15) is 0 Å². The number of nitrogens with zero attached hydrogens (tertiary/aromatic N) is 5. The molecule has 0 saturated carbocycles. The molecule has 0 unspecified atom stereocenters. The molecule has 0 amide bonds. The summed E-state index contributed by atoms with van der Waals surface area (Å²) in [6.07, 6.45) is 3.85. The van der Waals surface area contributed by atoms with Crippen LogP contribution < -0.4 is 0 Å². The second-order valence-electron chi connectivity index (χ2n) is 5.81. The van der Waals surface area contributed by atoms with Crippen LogP contribution >= 0.6 is 11.3 Å². The van der Waals surface area contributed by atoms with Gasteiger partial charge in [0.15, 0.2) is 0 Å². The van der Waals surface area contributed by atoms with Gasteiger partial charge >= 0.3 is 0 Å². The lowest BCUT2D eigenvalue weighted by Gasteiger charge is -2.35. The third kappa shape index (κ3) is 3.26. The maximum absolute atomic E-state index is 5.87. The number of thiophene rings is 1. The first kappa shape index (κ1) is 15.5. The van der Waals surface area contributed by atoms with Crippen molar-refractivity contribution in [1.29, 1.82) is 0 Å². The highest BCUT2D eigenvalue weighted by Crippen LogP contribution is 2.27. The predicted octanol–water partition coefficient (Wildman–Crippen LogP) is 2.46. The Morgan fingerprint density at radius 3 is 3.12 bits per heavy atom. The van der Waals surface area contributed by atoms with Crippen molar-refractivity contribution in [3.8, 4) is 10.8 Å². The van der Waals surface area contributed by atoms with Gasteiger partial charge in [-0.1, -0.05) is 6.07 Å². The summed E-state index contributed by atoms with van der Waals surface area (Å²) in [7, 11) is 0. The summed E-state index contributed by atoms with van der Waals surface area (Å²) in [6.45, 7) is 5.22. The van der Waals surface area contributed by atoms with Gasteiger partial charge in [0.2, 0.25) is 5.89 Å². The SMILES string of the molecule is C[C@@H](c1nnc(-c2cccs2)o1)N1CCO[C@H](Cn2cccn2)C1. The van der Waals surface area contributed by atoms with Crippen LogP contribution in [0.2, 0.25) is 0 Å². The van der Waals surface area contributed by atoms with Gasteiger partial charge in [0.05, 0.1) is 30.2 Å². The molecule has 0 spiro atoms. The molecule has 4 rings (SSSR count). The van der Waals surface area contributed by atoms with Gasteiger partial charge in [-0.25, -0.2) is 0 Å². The zero-order chi connectivity index (χ0) is 16.4. The Morgan fingerprint density at radius 2 is 2.33 bits per heavy atom. The molecular formula is C16H19N5O2S. The van der Waals surface area contributed by atoms with Gasteiger partial charge in [0.25, 0.3) is 5.89 Å². The minimum Gasteiger partial charge on any atom is -0.418 e. The number of aromatic nitrogens is 4. The zero-order valence-corrected chi connectivity index (χ0v) is 14.2. The number of rotatable bonds is 5. The van der Waals surface area contributed by atoms with E-state index in [4.69, 9.17) is 9.15 Å². The van der Waals surface area contributed by atoms with Crippen LogP contribution in [0.1, 0.15) is 18.9 Å². The number of ether oxygens (including phenoxy) is 1. The molecule has 0 aliphatic carbocycles. The van der Waals surface area contributed by atoms with Gasteiger partial charge in [0, 0.05) is 25.5 Å². The van der Waals surface area contributed by atoms with E-state index >= 15 is 0 Å². The first-order valence-corrected chi connectivity index (χ1v) is 8.88. The van der Waals surface area contributed by atoms with E-state index in [-0.39, 0.29) is 12.1 Å². The minimum atomic E-state index is 0.0650. The van der Waals surface area contributed by atoms with Crippen molar-refractivity contribution < 1.29 is 9.15 Å². The van der Waals surface area contributed by atoms with E-state index in [0.717, 1.165) is 24.5 Å². The maximum atomic E-state index is 5.87. The molecule has 3 aromatic heterocycles. The first-order valence-electron chi connectivity index (χ1n) is 8.00. The number of hydrogen-bond acceptors (Lipinski definition) is 7. The Labute approximate surface area is 143 Å². The van der Waals surface area contributed by atoms with E-state index in [1.807, 2.05) is 34.5 Å². The smallest absolute Gasteiger partial charge is 0.257 e. The molecule has 3 aromatic rings. The molecule has 1 aliphatic rings. The molecule has 8 heteroatoms. The lowest BCUT2D eigenvalue weighted by molar-refractivity contribution is -0.0526. The van der Waals surface area contributed by atoms with Crippen molar-refractivity contribution in [3.63, 3.8) is 0 Å². The van der Waals surface area contributed by atoms with E-state index in [0.29, 0.717) is 18.4 Å². The van der Waals surface area contributed by atoms with Crippen LogP contribution in [-0.2, 0) is 11.3 Å². The van der Waals surface area contributed by atoms with Crippen molar-refractivity contribution >= 4 is 11.3 Å². The highest BCUT2D eigenvalue weighted by molar-refractivity contribution is 7.13. The van der Waals surface area contributed by atoms with Crippen LogP contribution in [0.25, 0.3) is 10.8 Å². The molecule has 4 heterocycles. The van der Waals surface area contributed by atoms with Crippen molar-refractivity contribution in [3.05, 3.63) is 41.9 Å². The minimum absolute atomic E-state index is 0.0650. The second kappa shape index (κ2) is 6.84. The van der Waals surface area contributed by atoms with Gasteiger partial charge < -0.3 is 9.15 Å². The van der Waals surface area contributed by atoms with Crippen LogP contribution in [0.15, 0.2) is 40.4 Å². The zero-order valence-electron chi connectivity index (χ0n) is 13.4. The third-order valence-electron chi connectivity index (χ3n) is 4.20. The van der Waals surface area contributed by atoms with Gasteiger partial charge in [-0.05, 0) is 24.4 Å². The predicted molar refractivity (Wildman–Crippen MR) is 89.6 cm³/mol. The summed E-state index contributed by atoms with van der Waals surface area (Å²) in [5.74, 6) is 1.24. The Bertz CT molecular complexity index is 755. The van der Waals surface area contributed by atoms with E-state index in [1.54, 1.807) is 17.5 Å². The standard InChI is InChI=1S/C16H19N5O2S/c1-12(15-18-19-16(23-15)14-4-2-9-24-14)20-7-8-22-13(10-20)11-21-6-3-5-17-21/h2-6,9,12-13H,7-8,10-11H2,1H3/t12-,13-/m0/s1. The second-order valence-corrected chi connectivity index (χ2v) is 6.76. The first-order chi connectivity index (χ1) is 11.8. The van der Waals surface area contributed by atoms with Gasteiger partial charge in [-0.3, -0.25) is 9.58 Å². The monoisotopic (exact) mass is 345 g/mol. The summed E-state index contributed by atoms with van der Waals surface area (Å²) in [5.41, 5.74) is 0. The molecule has 0 bridgehead atoms. The molecule has 1 aliphatic heterocycles. The summed E-state index contributed by atoms with van der Waals surface area (Å²) in [5, 5.41) is 14.7. The molecule has 1 saturated heterocycles. The Hall–Kier alpha value is -2.03. The van der Waals surface area contributed by atoms with Crippen molar-refractivity contribution in [2.45, 2.75) is 25.6 Å². The van der Waals surface area contributed by atoms with Crippen molar-refractivity contribution in [2.24, 2.45) is 0 Å². The summed E-state index contributed by atoms with van der Waals surface area (Å²) in [6, 6.07) is 5.96. The fourth-order valence-corrected chi connectivity index (χ4v) is 3.53. The highest BCUT2D eigenvalue weighted by Gasteiger charge is 2.28. The molecule has 7 nitrogen and oxygen atoms in total. The van der Waals surface area contributed by atoms with Gasteiger partial charge in [-0.15, -0.1) is 21.5 Å². The largest absolute Gasteiger partial charge is 0.418 e. The van der Waals surface area contributed by atoms with E-state index in [1.165, 1.54) is 0 Å². The van der Waals surface area contributed by atoms with E-state index in [2.05, 4.69) is 27.1 Å². The highest BCUT2D eigenvalue weighted by atomic mass is 32.1. The van der Waals surface area contributed by atoms with Crippen LogP contribution in [-0.4, -0.2) is 50.7 Å². The lowest BCUT2D eigenvalue weighted by atomic mass is 10.2. The van der Waals surface area contributed by atoms with Crippen molar-refractivity contribution in [1.82, 2.24) is 24.9 Å². The molecule has 2 atom stereocenters. The Morgan fingerprint density at radius 1 is 1.38 bits per heavy atom.